The summed E-state index contributed by atoms with van der Waals surface area (Å²) >= 11 is 0. The number of hydrogen-bond donors (Lipinski definition) is 0. The van der Waals surface area contributed by atoms with E-state index >= 15 is 0 Å². The highest BCUT2D eigenvalue weighted by atomic mass is 16.5. The van der Waals surface area contributed by atoms with Gasteiger partial charge >= 0.3 is 0 Å². The predicted molar refractivity (Wildman–Crippen MR) is 87.3 cm³/mol. The van der Waals surface area contributed by atoms with Crippen molar-refractivity contribution in [3.05, 3.63) is 35.9 Å². The van der Waals surface area contributed by atoms with Crippen LogP contribution in [-0.2, 0) is 16.0 Å². The van der Waals surface area contributed by atoms with E-state index in [1.165, 1.54) is 5.56 Å². The Kier molecular flexibility index (Phi) is 3.41. The van der Waals surface area contributed by atoms with Crippen LogP contribution in [0.2, 0.25) is 0 Å². The lowest BCUT2D eigenvalue weighted by atomic mass is 9.80. The monoisotopic (exact) mass is 301 g/mol. The zero-order valence-corrected chi connectivity index (χ0v) is 14.3. The maximum atomic E-state index is 13.2. The van der Waals surface area contributed by atoms with Crippen molar-refractivity contribution in [3.63, 3.8) is 0 Å². The number of ether oxygens (including phenoxy) is 1. The Bertz CT molecular complexity index is 577. The first-order chi connectivity index (χ1) is 10.2. The molecule has 1 aromatic carbocycles. The molecule has 2 heterocycles. The van der Waals surface area contributed by atoms with Gasteiger partial charge in [0.05, 0.1) is 18.1 Å². The molecule has 0 aromatic heterocycles. The average molecular weight is 301 g/mol. The summed E-state index contributed by atoms with van der Waals surface area (Å²) < 4.78 is 6.11. The fraction of sp³-hybridized carbons (Fsp3) is 0.632. The van der Waals surface area contributed by atoms with Gasteiger partial charge in [-0.25, -0.2) is 0 Å². The topological polar surface area (TPSA) is 29.5 Å². The van der Waals surface area contributed by atoms with Crippen molar-refractivity contribution in [1.29, 1.82) is 0 Å². The molecule has 120 valence electrons. The normalized spacial score (nSPS) is 35.0. The van der Waals surface area contributed by atoms with Crippen molar-refractivity contribution in [3.8, 4) is 0 Å². The van der Waals surface area contributed by atoms with Gasteiger partial charge in [0.1, 0.15) is 5.72 Å². The third kappa shape index (κ3) is 2.36. The fourth-order valence-corrected chi connectivity index (χ4v) is 4.14. The van der Waals surface area contributed by atoms with Crippen LogP contribution in [0.5, 0.6) is 0 Å². The second-order valence-corrected chi connectivity index (χ2v) is 8.44. The minimum atomic E-state index is -0.446. The van der Waals surface area contributed by atoms with Crippen molar-refractivity contribution < 1.29 is 9.53 Å². The summed E-state index contributed by atoms with van der Waals surface area (Å²) in [7, 11) is 0. The van der Waals surface area contributed by atoms with E-state index in [2.05, 4.69) is 46.8 Å². The molecule has 3 heteroatoms. The van der Waals surface area contributed by atoms with E-state index in [9.17, 15) is 4.79 Å². The Morgan fingerprint density at radius 3 is 2.45 bits per heavy atom. The predicted octanol–water partition coefficient (Wildman–Crippen LogP) is 3.63. The molecule has 22 heavy (non-hydrogen) atoms. The van der Waals surface area contributed by atoms with Gasteiger partial charge in [0.2, 0.25) is 5.91 Å². The third-order valence-electron chi connectivity index (χ3n) is 5.26. The maximum absolute atomic E-state index is 13.2. The number of amides is 1. The van der Waals surface area contributed by atoms with Crippen LogP contribution in [0.15, 0.2) is 30.3 Å². The molecule has 3 atom stereocenters. The molecule has 1 aromatic rings. The molecule has 3 nitrogen and oxygen atoms in total. The smallest absolute Gasteiger partial charge is 0.231 e. The van der Waals surface area contributed by atoms with Gasteiger partial charge in [-0.1, -0.05) is 58.0 Å². The molecule has 0 bridgehead atoms. The summed E-state index contributed by atoms with van der Waals surface area (Å²) in [5.74, 6) is 0.247. The summed E-state index contributed by atoms with van der Waals surface area (Å²) in [5, 5.41) is 0. The van der Waals surface area contributed by atoms with Crippen LogP contribution in [0, 0.1) is 10.8 Å². The largest absolute Gasteiger partial charge is 0.354 e. The summed E-state index contributed by atoms with van der Waals surface area (Å²) in [5.41, 5.74) is 0.430. The van der Waals surface area contributed by atoms with Gasteiger partial charge in [0.15, 0.2) is 0 Å². The number of benzene rings is 1. The van der Waals surface area contributed by atoms with Gasteiger partial charge in [0, 0.05) is 6.42 Å². The van der Waals surface area contributed by atoms with Crippen molar-refractivity contribution in [1.82, 2.24) is 4.90 Å². The van der Waals surface area contributed by atoms with Crippen LogP contribution in [0.4, 0.5) is 0 Å². The van der Waals surface area contributed by atoms with Crippen molar-refractivity contribution in [2.45, 2.75) is 59.2 Å². The van der Waals surface area contributed by atoms with Crippen molar-refractivity contribution in [2.75, 3.05) is 6.61 Å². The first kappa shape index (κ1) is 15.5. The molecule has 0 radical (unpaired) electrons. The zero-order chi connectivity index (χ0) is 16.2. The second kappa shape index (κ2) is 4.82. The molecular formula is C19H27NO2. The molecular weight excluding hydrogens is 274 g/mol. The fourth-order valence-electron chi connectivity index (χ4n) is 4.14. The number of fused-ring (bicyclic) bond motifs is 1. The molecule has 2 aliphatic heterocycles. The van der Waals surface area contributed by atoms with Gasteiger partial charge in [-0.2, -0.15) is 0 Å². The number of rotatable bonds is 2. The van der Waals surface area contributed by atoms with Crippen LogP contribution >= 0.6 is 0 Å². The van der Waals surface area contributed by atoms with E-state index in [0.717, 1.165) is 12.8 Å². The first-order valence-corrected chi connectivity index (χ1v) is 8.17. The third-order valence-corrected chi connectivity index (χ3v) is 5.26. The first-order valence-electron chi connectivity index (χ1n) is 8.17. The molecule has 0 unspecified atom stereocenters. The van der Waals surface area contributed by atoms with Crippen LogP contribution < -0.4 is 0 Å². The minimum absolute atomic E-state index is 0.0332. The van der Waals surface area contributed by atoms with Crippen LogP contribution in [0.25, 0.3) is 0 Å². The summed E-state index contributed by atoms with van der Waals surface area (Å²) in [6.45, 7) is 11.4. The second-order valence-electron chi connectivity index (χ2n) is 8.44. The SMILES string of the molecule is CC(C)(C)[C@H]1CO[C@]2(C)C[C@@](C)(Cc3ccccc3)C(=O)N12. The maximum Gasteiger partial charge on any atom is 0.231 e. The molecule has 0 spiro atoms. The highest BCUT2D eigenvalue weighted by Gasteiger charge is 2.62. The van der Waals surface area contributed by atoms with Crippen LogP contribution in [-0.4, -0.2) is 29.2 Å². The van der Waals surface area contributed by atoms with E-state index in [-0.39, 0.29) is 22.8 Å². The van der Waals surface area contributed by atoms with E-state index < -0.39 is 5.72 Å². The van der Waals surface area contributed by atoms with Gasteiger partial charge in [-0.05, 0) is 24.3 Å². The minimum Gasteiger partial charge on any atom is -0.354 e. The summed E-state index contributed by atoms with van der Waals surface area (Å²) in [6, 6.07) is 10.5. The highest BCUT2D eigenvalue weighted by Crippen LogP contribution is 2.51. The molecule has 2 fully saturated rings. The van der Waals surface area contributed by atoms with Gasteiger partial charge in [0.25, 0.3) is 0 Å². The summed E-state index contributed by atoms with van der Waals surface area (Å²) in [4.78, 5) is 15.3. The van der Waals surface area contributed by atoms with Gasteiger partial charge in [-0.15, -0.1) is 0 Å². The molecule has 0 N–H and O–H groups in total. The summed E-state index contributed by atoms with van der Waals surface area (Å²) in [6.07, 6.45) is 1.54. The number of carbonyl (C=O) groups excluding carboxylic acids is 1. The average Bonchev–Trinajstić information content (AvgIpc) is 2.83. The number of carbonyl (C=O) groups is 1. The zero-order valence-electron chi connectivity index (χ0n) is 14.3. The van der Waals surface area contributed by atoms with Crippen LogP contribution in [0.3, 0.4) is 0 Å². The lowest BCUT2D eigenvalue weighted by molar-refractivity contribution is -0.142. The van der Waals surface area contributed by atoms with Crippen molar-refractivity contribution >= 4 is 5.91 Å². The molecule has 2 saturated heterocycles. The van der Waals surface area contributed by atoms with E-state index in [4.69, 9.17) is 4.74 Å². The lowest BCUT2D eigenvalue weighted by Crippen LogP contribution is -2.49. The number of hydrogen-bond acceptors (Lipinski definition) is 2. The molecule has 3 rings (SSSR count). The Morgan fingerprint density at radius 2 is 1.86 bits per heavy atom. The molecule has 2 aliphatic rings. The quantitative estimate of drug-likeness (QED) is 0.835. The van der Waals surface area contributed by atoms with Gasteiger partial charge in [-0.3, -0.25) is 4.79 Å². The van der Waals surface area contributed by atoms with Gasteiger partial charge < -0.3 is 9.64 Å². The standard InChI is InChI=1S/C19H27NO2/c1-17(2,3)15-12-22-19(5)13-18(4,16(21)20(15)19)11-14-9-7-6-8-10-14/h6-10,15H,11-13H2,1-5H3/t15-,18-,19-/m1/s1. The van der Waals surface area contributed by atoms with E-state index in [0.29, 0.717) is 6.61 Å². The number of nitrogens with zero attached hydrogens (tertiary/aromatic N) is 1. The Morgan fingerprint density at radius 1 is 1.23 bits per heavy atom. The molecule has 0 saturated carbocycles. The Labute approximate surface area is 133 Å². The van der Waals surface area contributed by atoms with E-state index in [1.807, 2.05) is 23.1 Å². The lowest BCUT2D eigenvalue weighted by Gasteiger charge is -2.36. The highest BCUT2D eigenvalue weighted by molar-refractivity contribution is 5.86. The van der Waals surface area contributed by atoms with Crippen LogP contribution in [0.1, 0.15) is 46.6 Å². The van der Waals surface area contributed by atoms with Crippen molar-refractivity contribution in [2.24, 2.45) is 10.8 Å². The van der Waals surface area contributed by atoms with E-state index in [1.54, 1.807) is 0 Å². The Hall–Kier alpha value is -1.35. The molecule has 1 amide bonds. The molecule has 0 aliphatic carbocycles. The Balaban J connectivity index is 1.90.